The average Bonchev–Trinajstić information content (AvgIpc) is 2.76. The van der Waals surface area contributed by atoms with Gasteiger partial charge in [-0.2, -0.15) is 0 Å². The Morgan fingerprint density at radius 2 is 2.09 bits per heavy atom. The fraction of sp³-hybridized carbons (Fsp3) is 0.455. The third kappa shape index (κ3) is 6.00. The number of aryl methyl sites for hydroxylation is 1. The molecular weight excluding hydrogens is 475 g/mol. The minimum atomic E-state index is -3.87. The van der Waals surface area contributed by atoms with Crippen LogP contribution in [0.25, 0.3) is 11.1 Å². The Balaban J connectivity index is 1.74. The highest BCUT2D eigenvalue weighted by Crippen LogP contribution is 2.25. The first-order valence-electron chi connectivity index (χ1n) is 10.4. The van der Waals surface area contributed by atoms with Crippen LogP contribution < -0.4 is 11.0 Å². The number of aromatic nitrogens is 1. The number of nitrogens with one attached hydrogen (secondary N) is 1. The van der Waals surface area contributed by atoms with Gasteiger partial charge < -0.3 is 9.30 Å². The van der Waals surface area contributed by atoms with Gasteiger partial charge in [-0.05, 0) is 56.0 Å². The highest BCUT2D eigenvalue weighted by atomic mass is 35.5. The second-order valence-corrected chi connectivity index (χ2v) is 11.1. The normalized spacial score (nSPS) is 18.5. The summed E-state index contributed by atoms with van der Waals surface area (Å²) in [6, 6.07) is 6.92. The number of sulfone groups is 1. The van der Waals surface area contributed by atoms with Crippen molar-refractivity contribution in [2.45, 2.75) is 50.2 Å². The molecule has 180 valence electrons. The van der Waals surface area contributed by atoms with Gasteiger partial charge in [0.1, 0.15) is 5.82 Å². The number of hydroxylamine groups is 1. The number of carbonyl (C=O) groups excluding carboxylic acids is 1. The van der Waals surface area contributed by atoms with Crippen molar-refractivity contribution in [1.82, 2.24) is 10.0 Å². The van der Waals surface area contributed by atoms with Crippen molar-refractivity contribution in [2.75, 3.05) is 12.9 Å². The number of rotatable bonds is 8. The molecule has 11 heteroatoms. The van der Waals surface area contributed by atoms with Crippen LogP contribution in [-0.2, 0) is 30.8 Å². The Bertz CT molecular complexity index is 1180. The lowest BCUT2D eigenvalue weighted by atomic mass is 10.1. The van der Waals surface area contributed by atoms with Crippen LogP contribution in [0, 0.1) is 5.82 Å². The lowest BCUT2D eigenvalue weighted by Gasteiger charge is -2.28. The van der Waals surface area contributed by atoms with Crippen LogP contribution in [0.2, 0.25) is 5.02 Å². The molecule has 1 amide bonds. The Morgan fingerprint density at radius 1 is 1.33 bits per heavy atom. The van der Waals surface area contributed by atoms with Gasteiger partial charge in [0.05, 0.1) is 0 Å². The third-order valence-electron chi connectivity index (χ3n) is 5.79. The first-order valence-corrected chi connectivity index (χ1v) is 12.7. The highest BCUT2D eigenvalue weighted by molar-refractivity contribution is 7.92. The SMILES string of the molecule is C[C@@](CCn1ccc(-c2ccc(Cl)cc2F)cc1=O)(C(=O)NOC1CCCCO1)S(C)(=O)=O. The lowest BCUT2D eigenvalue weighted by molar-refractivity contribution is -0.201. The van der Waals surface area contributed by atoms with Crippen molar-refractivity contribution >= 4 is 27.3 Å². The van der Waals surface area contributed by atoms with Crippen LogP contribution in [0.15, 0.2) is 41.3 Å². The topological polar surface area (TPSA) is 104 Å². The minimum Gasteiger partial charge on any atom is -0.350 e. The summed E-state index contributed by atoms with van der Waals surface area (Å²) < 4.78 is 43.9. The van der Waals surface area contributed by atoms with Gasteiger partial charge in [0.25, 0.3) is 11.5 Å². The second kappa shape index (κ2) is 10.3. The molecule has 1 aliphatic rings. The molecule has 0 radical (unpaired) electrons. The summed E-state index contributed by atoms with van der Waals surface area (Å²) in [4.78, 5) is 30.6. The third-order valence-corrected chi connectivity index (χ3v) is 8.05. The van der Waals surface area contributed by atoms with Crippen molar-refractivity contribution in [3.05, 3.63) is 57.7 Å². The smallest absolute Gasteiger partial charge is 0.264 e. The largest absolute Gasteiger partial charge is 0.350 e. The molecule has 3 rings (SSSR count). The van der Waals surface area contributed by atoms with Gasteiger partial charge in [0, 0.05) is 48.7 Å². The molecule has 1 aromatic heterocycles. The van der Waals surface area contributed by atoms with Gasteiger partial charge in [0.15, 0.2) is 20.9 Å². The van der Waals surface area contributed by atoms with E-state index < -0.39 is 38.2 Å². The monoisotopic (exact) mass is 500 g/mol. The van der Waals surface area contributed by atoms with E-state index in [4.69, 9.17) is 21.2 Å². The summed E-state index contributed by atoms with van der Waals surface area (Å²) in [5, 5.41) is 0.238. The molecule has 0 saturated carbocycles. The molecule has 2 heterocycles. The first-order chi connectivity index (χ1) is 15.5. The van der Waals surface area contributed by atoms with Crippen LogP contribution in [-0.4, -0.2) is 42.8 Å². The van der Waals surface area contributed by atoms with E-state index in [-0.39, 0.29) is 23.6 Å². The zero-order valence-electron chi connectivity index (χ0n) is 18.3. The summed E-state index contributed by atoms with van der Waals surface area (Å²) in [5.41, 5.74) is 2.31. The van der Waals surface area contributed by atoms with Crippen LogP contribution in [0.5, 0.6) is 0 Å². The second-order valence-electron chi connectivity index (χ2n) is 8.17. The summed E-state index contributed by atoms with van der Waals surface area (Å²) >= 11 is 5.77. The molecule has 0 bridgehead atoms. The van der Waals surface area contributed by atoms with Crippen molar-refractivity contribution in [1.29, 1.82) is 0 Å². The standard InChI is InChI=1S/C22H26ClFN2O6S/c1-22(33(2,29)30,21(28)25-32-20-5-3-4-12-31-20)9-11-26-10-8-15(13-19(26)27)17-7-6-16(23)14-18(17)24/h6-8,10,13-14,20H,3-5,9,11-12H2,1-2H3,(H,25,28)/t20?,22-/m1/s1. The molecule has 1 fully saturated rings. The summed E-state index contributed by atoms with van der Waals surface area (Å²) in [5.74, 6) is -1.41. The van der Waals surface area contributed by atoms with Crippen LogP contribution in [0.4, 0.5) is 4.39 Å². The van der Waals surface area contributed by atoms with Crippen molar-refractivity contribution in [3.8, 4) is 11.1 Å². The van der Waals surface area contributed by atoms with Crippen molar-refractivity contribution < 1.29 is 27.2 Å². The summed E-state index contributed by atoms with van der Waals surface area (Å²) in [7, 11) is -3.87. The molecule has 2 aromatic rings. The van der Waals surface area contributed by atoms with E-state index in [1.807, 2.05) is 0 Å². The molecule has 0 spiro atoms. The average molecular weight is 501 g/mol. The molecule has 33 heavy (non-hydrogen) atoms. The molecular formula is C22H26ClFN2O6S. The predicted molar refractivity (Wildman–Crippen MR) is 122 cm³/mol. The van der Waals surface area contributed by atoms with Gasteiger partial charge in [-0.15, -0.1) is 0 Å². The zero-order valence-corrected chi connectivity index (χ0v) is 19.9. The maximum atomic E-state index is 14.2. The van der Waals surface area contributed by atoms with Gasteiger partial charge in [-0.3, -0.25) is 9.59 Å². The highest BCUT2D eigenvalue weighted by Gasteiger charge is 2.44. The van der Waals surface area contributed by atoms with E-state index in [1.54, 1.807) is 0 Å². The van der Waals surface area contributed by atoms with E-state index in [0.717, 1.165) is 25.2 Å². The van der Waals surface area contributed by atoms with E-state index in [9.17, 15) is 22.4 Å². The van der Waals surface area contributed by atoms with Crippen LogP contribution in [0.1, 0.15) is 32.6 Å². The first kappa shape index (κ1) is 25.4. The molecule has 1 saturated heterocycles. The van der Waals surface area contributed by atoms with E-state index in [0.29, 0.717) is 18.6 Å². The number of hydrogen-bond acceptors (Lipinski definition) is 6. The maximum Gasteiger partial charge on any atom is 0.264 e. The van der Waals surface area contributed by atoms with E-state index in [2.05, 4.69) is 5.48 Å². The molecule has 2 atom stereocenters. The number of nitrogens with zero attached hydrogens (tertiary/aromatic N) is 1. The predicted octanol–water partition coefficient (Wildman–Crippen LogP) is 3.08. The fourth-order valence-corrected chi connectivity index (χ4v) is 4.42. The molecule has 1 N–H and O–H groups in total. The van der Waals surface area contributed by atoms with E-state index >= 15 is 0 Å². The van der Waals surface area contributed by atoms with Gasteiger partial charge in [-0.1, -0.05) is 11.6 Å². The van der Waals surface area contributed by atoms with Crippen molar-refractivity contribution in [2.24, 2.45) is 0 Å². The van der Waals surface area contributed by atoms with Gasteiger partial charge >= 0.3 is 0 Å². The van der Waals surface area contributed by atoms with Crippen LogP contribution >= 0.6 is 11.6 Å². The molecule has 1 aromatic carbocycles. The summed E-state index contributed by atoms with van der Waals surface area (Å²) in [6.45, 7) is 1.73. The fourth-order valence-electron chi connectivity index (χ4n) is 3.42. The minimum absolute atomic E-state index is 0.0564. The number of ether oxygens (including phenoxy) is 1. The molecule has 8 nitrogen and oxygen atoms in total. The Morgan fingerprint density at radius 3 is 2.70 bits per heavy atom. The number of carbonyl (C=O) groups is 1. The van der Waals surface area contributed by atoms with Crippen molar-refractivity contribution in [3.63, 3.8) is 0 Å². The summed E-state index contributed by atoms with van der Waals surface area (Å²) in [6.07, 6.45) is 3.94. The molecule has 1 aliphatic heterocycles. The number of halogens is 2. The molecule has 1 unspecified atom stereocenters. The quantitative estimate of drug-likeness (QED) is 0.559. The molecule has 0 aliphatic carbocycles. The Hall–Kier alpha value is -2.27. The van der Waals surface area contributed by atoms with Gasteiger partial charge in [-0.25, -0.2) is 23.1 Å². The van der Waals surface area contributed by atoms with E-state index in [1.165, 1.54) is 42.0 Å². The Labute approximate surface area is 196 Å². The van der Waals surface area contributed by atoms with Crippen LogP contribution in [0.3, 0.4) is 0 Å². The maximum absolute atomic E-state index is 14.2. The zero-order chi connectivity index (χ0) is 24.2. The lowest BCUT2D eigenvalue weighted by Crippen LogP contribution is -2.51. The Kier molecular flexibility index (Phi) is 7.94. The number of hydrogen-bond donors (Lipinski definition) is 1. The van der Waals surface area contributed by atoms with Gasteiger partial charge in [0.2, 0.25) is 0 Å². The number of pyridine rings is 1. The number of amides is 1. The number of benzene rings is 1.